The first-order chi connectivity index (χ1) is 18.9. The summed E-state index contributed by atoms with van der Waals surface area (Å²) in [5.41, 5.74) is 2.97. The quantitative estimate of drug-likeness (QED) is 0.469. The van der Waals surface area contributed by atoms with Gasteiger partial charge in [-0.15, -0.1) is 0 Å². The number of aromatic nitrogens is 3. The van der Waals surface area contributed by atoms with Crippen LogP contribution < -0.4 is 10.1 Å². The number of anilines is 1. The summed E-state index contributed by atoms with van der Waals surface area (Å²) in [6, 6.07) is 9.39. The van der Waals surface area contributed by atoms with Gasteiger partial charge in [-0.25, -0.2) is 4.98 Å². The van der Waals surface area contributed by atoms with Crippen molar-refractivity contribution in [2.45, 2.75) is 70.9 Å². The van der Waals surface area contributed by atoms with Crippen LogP contribution in [0.5, 0.6) is 5.75 Å². The zero-order valence-electron chi connectivity index (χ0n) is 23.4. The average Bonchev–Trinajstić information content (AvgIpc) is 3.11. The van der Waals surface area contributed by atoms with Crippen LogP contribution in [0.2, 0.25) is 0 Å². The largest absolute Gasteiger partial charge is 0.488 e. The van der Waals surface area contributed by atoms with Gasteiger partial charge in [0.1, 0.15) is 17.4 Å². The van der Waals surface area contributed by atoms with Crippen molar-refractivity contribution < 1.29 is 14.3 Å². The maximum atomic E-state index is 13.3. The molecule has 39 heavy (non-hydrogen) atoms. The van der Waals surface area contributed by atoms with Crippen LogP contribution in [0.4, 0.5) is 5.95 Å². The Labute approximate surface area is 230 Å². The first kappa shape index (κ1) is 27.1. The van der Waals surface area contributed by atoms with Gasteiger partial charge in [0.2, 0.25) is 11.9 Å². The van der Waals surface area contributed by atoms with Gasteiger partial charge in [-0.05, 0) is 76.8 Å². The van der Waals surface area contributed by atoms with Gasteiger partial charge in [0.25, 0.3) is 5.91 Å². The third-order valence-electron chi connectivity index (χ3n) is 7.84. The lowest BCUT2D eigenvalue weighted by molar-refractivity contribution is -0.131. The fraction of sp³-hybridized carbons (Fsp3) is 0.533. The van der Waals surface area contributed by atoms with Crippen molar-refractivity contribution in [3.8, 4) is 5.75 Å². The second-order valence-electron chi connectivity index (χ2n) is 10.9. The fourth-order valence-corrected chi connectivity index (χ4v) is 5.73. The molecule has 2 fully saturated rings. The summed E-state index contributed by atoms with van der Waals surface area (Å²) < 4.78 is 8.75. The van der Waals surface area contributed by atoms with Crippen LogP contribution in [0, 0.1) is 6.92 Å². The van der Waals surface area contributed by atoms with Crippen LogP contribution in [0.3, 0.4) is 0 Å². The van der Waals surface area contributed by atoms with Gasteiger partial charge in [-0.3, -0.25) is 19.9 Å². The molecule has 0 spiro atoms. The molecule has 9 heteroatoms. The lowest BCUT2D eigenvalue weighted by Crippen LogP contribution is -2.36. The highest BCUT2D eigenvalue weighted by Crippen LogP contribution is 2.36. The van der Waals surface area contributed by atoms with E-state index in [0.717, 1.165) is 80.6 Å². The van der Waals surface area contributed by atoms with Crippen molar-refractivity contribution in [1.29, 1.82) is 0 Å². The van der Waals surface area contributed by atoms with Crippen molar-refractivity contribution in [2.75, 3.05) is 38.5 Å². The Morgan fingerprint density at radius 1 is 1.10 bits per heavy atom. The van der Waals surface area contributed by atoms with E-state index in [1.54, 1.807) is 18.3 Å². The number of hydrogen-bond donors (Lipinski definition) is 1. The highest BCUT2D eigenvalue weighted by atomic mass is 16.5. The summed E-state index contributed by atoms with van der Waals surface area (Å²) in [7, 11) is 2.14. The Hall–Kier alpha value is -3.46. The van der Waals surface area contributed by atoms with Crippen LogP contribution in [-0.2, 0) is 4.79 Å². The number of imidazole rings is 1. The van der Waals surface area contributed by atoms with Crippen LogP contribution >= 0.6 is 0 Å². The number of piperidine rings is 1. The Bertz CT molecular complexity index is 1310. The maximum Gasteiger partial charge on any atom is 0.258 e. The van der Waals surface area contributed by atoms with Crippen molar-refractivity contribution in [3.63, 3.8) is 0 Å². The molecule has 208 valence electrons. The molecular formula is C30H40N6O3. The third kappa shape index (κ3) is 6.24. The lowest BCUT2D eigenvalue weighted by atomic mass is 10.1. The maximum absolute atomic E-state index is 13.3. The van der Waals surface area contributed by atoms with Crippen LogP contribution in [0.25, 0.3) is 11.0 Å². The highest BCUT2D eigenvalue weighted by Gasteiger charge is 2.29. The summed E-state index contributed by atoms with van der Waals surface area (Å²) in [6.07, 6.45) is 7.94. The van der Waals surface area contributed by atoms with Crippen molar-refractivity contribution in [3.05, 3.63) is 47.8 Å². The number of nitrogens with zero attached hydrogens (tertiary/aromatic N) is 5. The minimum absolute atomic E-state index is 0.0324. The Morgan fingerprint density at radius 2 is 1.92 bits per heavy atom. The van der Waals surface area contributed by atoms with Crippen LogP contribution in [0.1, 0.15) is 74.0 Å². The smallest absolute Gasteiger partial charge is 0.258 e. The zero-order valence-corrected chi connectivity index (χ0v) is 23.4. The van der Waals surface area contributed by atoms with Gasteiger partial charge in [0, 0.05) is 50.1 Å². The molecule has 2 saturated heterocycles. The number of ether oxygens (including phenoxy) is 1. The van der Waals surface area contributed by atoms with Gasteiger partial charge in [-0.1, -0.05) is 13.0 Å². The van der Waals surface area contributed by atoms with E-state index < -0.39 is 0 Å². The molecule has 0 aliphatic carbocycles. The Morgan fingerprint density at radius 3 is 2.69 bits per heavy atom. The molecule has 0 saturated carbocycles. The molecule has 2 aliphatic rings. The second kappa shape index (κ2) is 12.2. The van der Waals surface area contributed by atoms with E-state index in [0.29, 0.717) is 24.5 Å². The summed E-state index contributed by atoms with van der Waals surface area (Å²) >= 11 is 0. The number of pyridine rings is 1. The molecule has 2 amide bonds. The third-order valence-corrected chi connectivity index (χ3v) is 7.84. The highest BCUT2D eigenvalue weighted by molar-refractivity contribution is 6.04. The molecule has 2 aliphatic heterocycles. The predicted octanol–water partition coefficient (Wildman–Crippen LogP) is 4.82. The van der Waals surface area contributed by atoms with E-state index in [1.165, 1.54) is 0 Å². The summed E-state index contributed by atoms with van der Waals surface area (Å²) in [5, 5.41) is 3.09. The fourth-order valence-electron chi connectivity index (χ4n) is 5.73. The number of carbonyl (C=O) groups is 2. The number of aryl methyl sites for hydroxylation is 1. The van der Waals surface area contributed by atoms with Crippen LogP contribution in [0.15, 0.2) is 36.5 Å². The molecule has 2 aromatic heterocycles. The topological polar surface area (TPSA) is 92.6 Å². The average molecular weight is 533 g/mol. The number of rotatable bonds is 7. The first-order valence-electron chi connectivity index (χ1n) is 14.3. The molecule has 5 rings (SSSR count). The predicted molar refractivity (Wildman–Crippen MR) is 152 cm³/mol. The number of carbonyl (C=O) groups excluding carboxylic acids is 2. The molecule has 1 N–H and O–H groups in total. The van der Waals surface area contributed by atoms with Gasteiger partial charge < -0.3 is 19.1 Å². The van der Waals surface area contributed by atoms with Gasteiger partial charge >= 0.3 is 0 Å². The molecule has 9 nitrogen and oxygen atoms in total. The number of para-hydroxylation sites is 1. The molecular weight excluding hydrogens is 492 g/mol. The van der Waals surface area contributed by atoms with Gasteiger partial charge in [-0.2, -0.15) is 0 Å². The van der Waals surface area contributed by atoms with Crippen LogP contribution in [-0.4, -0.2) is 75.5 Å². The number of hydrogen-bond acceptors (Lipinski definition) is 6. The summed E-state index contributed by atoms with van der Waals surface area (Å²) in [5.74, 6) is 1.22. The van der Waals surface area contributed by atoms with E-state index in [-0.39, 0.29) is 24.0 Å². The molecule has 1 aromatic carbocycles. The zero-order chi connectivity index (χ0) is 27.4. The van der Waals surface area contributed by atoms with Crippen molar-refractivity contribution >= 4 is 28.8 Å². The second-order valence-corrected chi connectivity index (χ2v) is 10.9. The van der Waals surface area contributed by atoms with Crippen molar-refractivity contribution in [2.24, 2.45) is 0 Å². The minimum Gasteiger partial charge on any atom is -0.488 e. The SMILES string of the molecule is CCCC(=O)N1CCCC[C@@H](n2c(NC(=O)c3ccnc(C)c3)nc3cccc(OC4CCN(C)CC4)c32)C1. The Balaban J connectivity index is 1.55. The number of nitrogens with one attached hydrogen (secondary N) is 1. The number of benzene rings is 1. The molecule has 1 atom stereocenters. The van der Waals surface area contributed by atoms with E-state index in [1.807, 2.05) is 36.9 Å². The Kier molecular flexibility index (Phi) is 8.45. The molecule has 0 radical (unpaired) electrons. The standard InChI is InChI=1S/C30H40N6O3/c1-4-8-27(37)35-16-6-5-9-23(20-35)36-28-25(10-7-11-26(28)39-24-13-17-34(3)18-14-24)32-30(36)33-29(38)22-12-15-31-21(2)19-22/h7,10-12,15,19,23-24H,4-6,8-9,13-14,16-18,20H2,1-3H3,(H,32,33,38)/t23-/m1/s1. The van der Waals surface area contributed by atoms with E-state index in [2.05, 4.69) is 26.8 Å². The number of amides is 2. The number of fused-ring (bicyclic) bond motifs is 1. The number of likely N-dealkylation sites (tertiary alicyclic amines) is 2. The monoisotopic (exact) mass is 532 g/mol. The normalized spacial score (nSPS) is 19.2. The summed E-state index contributed by atoms with van der Waals surface area (Å²) in [6.45, 7) is 7.26. The van der Waals surface area contributed by atoms with E-state index in [9.17, 15) is 9.59 Å². The van der Waals surface area contributed by atoms with Gasteiger partial charge in [0.05, 0.1) is 11.6 Å². The molecule has 3 aromatic rings. The van der Waals surface area contributed by atoms with E-state index in [4.69, 9.17) is 9.72 Å². The van der Waals surface area contributed by atoms with Gasteiger partial charge in [0.15, 0.2) is 0 Å². The lowest BCUT2D eigenvalue weighted by Gasteiger charge is -2.30. The minimum atomic E-state index is -0.234. The molecule has 0 unspecified atom stereocenters. The van der Waals surface area contributed by atoms with E-state index >= 15 is 0 Å². The molecule has 0 bridgehead atoms. The van der Waals surface area contributed by atoms with Crippen molar-refractivity contribution in [1.82, 2.24) is 24.3 Å². The first-order valence-corrected chi connectivity index (χ1v) is 14.3. The summed E-state index contributed by atoms with van der Waals surface area (Å²) in [4.78, 5) is 39.7. The molecule has 4 heterocycles.